The predicted molar refractivity (Wildman–Crippen MR) is 148 cm³/mol. The van der Waals surface area contributed by atoms with Crippen molar-refractivity contribution < 1.29 is 43.5 Å². The van der Waals surface area contributed by atoms with Crippen molar-refractivity contribution in [2.24, 2.45) is 0 Å². The van der Waals surface area contributed by atoms with E-state index in [2.05, 4.69) is 10.3 Å². The summed E-state index contributed by atoms with van der Waals surface area (Å²) < 4.78 is 27.2. The number of rotatable bonds is 11. The zero-order chi connectivity index (χ0) is 29.1. The third kappa shape index (κ3) is 5.44. The summed E-state index contributed by atoms with van der Waals surface area (Å²) in [6.45, 7) is 0.0246. The first-order chi connectivity index (χ1) is 19.8. The number of aliphatic hydroxyl groups excluding tert-OH is 1. The monoisotopic (exact) mass is 562 g/mol. The molecule has 11 heteroatoms. The number of hydrogen-bond donors (Lipinski definition) is 4. The lowest BCUT2D eigenvalue weighted by Gasteiger charge is -2.26. The molecule has 0 fully saturated rings. The van der Waals surface area contributed by atoms with E-state index in [-0.39, 0.29) is 24.7 Å². The third-order valence-electron chi connectivity index (χ3n) is 7.10. The molecule has 3 atom stereocenters. The molecule has 0 saturated heterocycles. The molecule has 4 aromatic rings. The average Bonchev–Trinajstić information content (AvgIpc) is 3.62. The van der Waals surface area contributed by atoms with Gasteiger partial charge in [-0.05, 0) is 47.0 Å². The lowest BCUT2D eigenvalue weighted by Crippen LogP contribution is -2.45. The Morgan fingerprint density at radius 3 is 2.34 bits per heavy atom. The van der Waals surface area contributed by atoms with Crippen LogP contribution in [-0.2, 0) is 16.0 Å². The second kappa shape index (κ2) is 11.7. The van der Waals surface area contributed by atoms with E-state index >= 15 is 0 Å². The first-order valence-electron chi connectivity index (χ1n) is 12.8. The number of amides is 1. The van der Waals surface area contributed by atoms with Gasteiger partial charge in [0.2, 0.25) is 18.4 Å². The second-order valence-electron chi connectivity index (χ2n) is 9.46. The number of fused-ring (bicyclic) bond motifs is 2. The maximum Gasteiger partial charge on any atom is 0.326 e. The Hall–Kier alpha value is -4.90. The summed E-state index contributed by atoms with van der Waals surface area (Å²) in [4.78, 5) is 29.3. The van der Waals surface area contributed by atoms with Crippen molar-refractivity contribution in [2.75, 3.05) is 28.1 Å². The molecule has 1 aliphatic rings. The molecule has 2 unspecified atom stereocenters. The number of carbonyl (C=O) groups excluding carboxylic acids is 1. The summed E-state index contributed by atoms with van der Waals surface area (Å²) in [5.41, 5.74) is 2.28. The van der Waals surface area contributed by atoms with Crippen LogP contribution in [0.4, 0.5) is 0 Å². The molecule has 2 heterocycles. The number of para-hydroxylation sites is 1. The van der Waals surface area contributed by atoms with Crippen LogP contribution in [0.3, 0.4) is 0 Å². The number of ether oxygens (including phenoxy) is 5. The first kappa shape index (κ1) is 27.7. The number of aromatic nitrogens is 1. The molecular weight excluding hydrogens is 532 g/mol. The number of methoxy groups -OCH3 is 3. The van der Waals surface area contributed by atoms with Gasteiger partial charge in [-0.1, -0.05) is 24.3 Å². The van der Waals surface area contributed by atoms with Crippen LogP contribution in [0.25, 0.3) is 10.9 Å². The highest BCUT2D eigenvalue weighted by molar-refractivity contribution is 5.90. The maximum absolute atomic E-state index is 13.9. The Morgan fingerprint density at radius 1 is 0.951 bits per heavy atom. The smallest absolute Gasteiger partial charge is 0.326 e. The van der Waals surface area contributed by atoms with Gasteiger partial charge in [0.15, 0.2) is 23.0 Å². The Balaban J connectivity index is 1.51. The molecule has 5 rings (SSSR count). The fourth-order valence-electron chi connectivity index (χ4n) is 5.03. The van der Waals surface area contributed by atoms with Gasteiger partial charge in [0.25, 0.3) is 0 Å². The normalized spacial score (nSPS) is 14.2. The minimum Gasteiger partial charge on any atom is -0.493 e. The number of H-pyrrole nitrogens is 1. The molecule has 1 amide bonds. The summed E-state index contributed by atoms with van der Waals surface area (Å²) in [6.07, 6.45) is 0.318. The van der Waals surface area contributed by atoms with Crippen LogP contribution >= 0.6 is 0 Å². The fourth-order valence-corrected chi connectivity index (χ4v) is 5.03. The van der Waals surface area contributed by atoms with Gasteiger partial charge in [0.1, 0.15) is 6.04 Å². The summed E-state index contributed by atoms with van der Waals surface area (Å²) in [5.74, 6) is -1.35. The van der Waals surface area contributed by atoms with Gasteiger partial charge < -0.3 is 44.2 Å². The van der Waals surface area contributed by atoms with Crippen LogP contribution in [0, 0.1) is 0 Å². The Kier molecular flexibility index (Phi) is 7.88. The van der Waals surface area contributed by atoms with Crippen molar-refractivity contribution in [3.63, 3.8) is 0 Å². The van der Waals surface area contributed by atoms with Crippen molar-refractivity contribution in [2.45, 2.75) is 24.5 Å². The molecule has 11 nitrogen and oxygen atoms in total. The summed E-state index contributed by atoms with van der Waals surface area (Å²) in [5, 5.41) is 25.2. The van der Waals surface area contributed by atoms with Crippen LogP contribution in [0.15, 0.2) is 60.8 Å². The molecule has 1 aliphatic heterocycles. The van der Waals surface area contributed by atoms with Crippen LogP contribution in [0.5, 0.6) is 28.7 Å². The quantitative estimate of drug-likeness (QED) is 0.215. The lowest BCUT2D eigenvalue weighted by atomic mass is 9.87. The molecular formula is C30H30N2O9. The second-order valence-corrected chi connectivity index (χ2v) is 9.46. The van der Waals surface area contributed by atoms with Crippen LogP contribution in [-0.4, -0.2) is 61.2 Å². The van der Waals surface area contributed by atoms with Crippen LogP contribution in [0.2, 0.25) is 0 Å². The molecule has 0 aliphatic carbocycles. The van der Waals surface area contributed by atoms with E-state index in [0.29, 0.717) is 28.4 Å². The van der Waals surface area contributed by atoms with Crippen molar-refractivity contribution in [3.05, 3.63) is 77.5 Å². The standard InChI is InChI=1S/C30H30N2O9/c1-37-24-12-17(13-25(38-2)28(24)39-3)27(33)26(16-8-9-22-23(11-16)41-15-40-22)29(34)32-21(30(35)36)10-18-14-31-20-7-5-4-6-19(18)20/h4-9,11-14,21,26-27,31,33H,10,15H2,1-3H3,(H,32,34)(H,35,36)/t21-,26?,27?/m0/s1. The molecule has 41 heavy (non-hydrogen) atoms. The molecule has 0 spiro atoms. The number of carbonyl (C=O) groups is 2. The first-order valence-corrected chi connectivity index (χ1v) is 12.8. The van der Waals surface area contributed by atoms with Gasteiger partial charge in [-0.15, -0.1) is 0 Å². The number of benzene rings is 3. The number of nitrogens with one attached hydrogen (secondary N) is 2. The SMILES string of the molecule is COc1cc(C(O)C(C(=O)N[C@@H](Cc2c[nH]c3ccccc23)C(=O)O)c2ccc3c(c2)OCO3)cc(OC)c1OC. The zero-order valence-electron chi connectivity index (χ0n) is 22.7. The van der Waals surface area contributed by atoms with Crippen LogP contribution in [0.1, 0.15) is 28.7 Å². The fraction of sp³-hybridized carbons (Fsp3) is 0.267. The van der Waals surface area contributed by atoms with Crippen molar-refractivity contribution in [3.8, 4) is 28.7 Å². The number of aliphatic hydroxyl groups is 1. The van der Waals surface area contributed by atoms with E-state index in [1.807, 2.05) is 24.3 Å². The van der Waals surface area contributed by atoms with Crippen molar-refractivity contribution >= 4 is 22.8 Å². The topological polar surface area (TPSA) is 149 Å². The molecule has 1 aromatic heterocycles. The van der Waals surface area contributed by atoms with E-state index in [1.54, 1.807) is 36.5 Å². The average molecular weight is 563 g/mol. The summed E-state index contributed by atoms with van der Waals surface area (Å²) in [6, 6.07) is 14.2. The molecule has 3 aromatic carbocycles. The lowest BCUT2D eigenvalue weighted by molar-refractivity contribution is -0.142. The highest BCUT2D eigenvalue weighted by atomic mass is 16.7. The minimum atomic E-state index is -1.44. The summed E-state index contributed by atoms with van der Waals surface area (Å²) >= 11 is 0. The third-order valence-corrected chi connectivity index (χ3v) is 7.10. The van der Waals surface area contributed by atoms with Gasteiger partial charge in [-0.2, -0.15) is 0 Å². The number of aromatic amines is 1. The number of carboxylic acids is 1. The van der Waals surface area contributed by atoms with Gasteiger partial charge in [0, 0.05) is 23.5 Å². The maximum atomic E-state index is 13.9. The van der Waals surface area contributed by atoms with E-state index in [9.17, 15) is 19.8 Å². The van der Waals surface area contributed by atoms with Gasteiger partial charge in [-0.3, -0.25) is 4.79 Å². The minimum absolute atomic E-state index is 0.0246. The van der Waals surface area contributed by atoms with E-state index in [4.69, 9.17) is 23.7 Å². The van der Waals surface area contributed by atoms with E-state index in [0.717, 1.165) is 16.5 Å². The van der Waals surface area contributed by atoms with E-state index < -0.39 is 29.9 Å². The van der Waals surface area contributed by atoms with Crippen molar-refractivity contribution in [1.82, 2.24) is 10.3 Å². The van der Waals surface area contributed by atoms with Crippen LogP contribution < -0.4 is 29.0 Å². The Morgan fingerprint density at radius 2 is 1.66 bits per heavy atom. The highest BCUT2D eigenvalue weighted by Gasteiger charge is 2.35. The van der Waals surface area contributed by atoms with Gasteiger partial charge in [-0.25, -0.2) is 4.79 Å². The molecule has 0 radical (unpaired) electrons. The zero-order valence-corrected chi connectivity index (χ0v) is 22.7. The largest absolute Gasteiger partial charge is 0.493 e. The molecule has 0 bridgehead atoms. The van der Waals surface area contributed by atoms with E-state index in [1.165, 1.54) is 21.3 Å². The molecule has 0 saturated carbocycles. The number of hydrogen-bond acceptors (Lipinski definition) is 8. The molecule has 4 N–H and O–H groups in total. The van der Waals surface area contributed by atoms with Gasteiger partial charge >= 0.3 is 5.97 Å². The number of aliphatic carboxylic acids is 1. The molecule has 214 valence electrons. The highest BCUT2D eigenvalue weighted by Crippen LogP contribution is 2.44. The Bertz CT molecular complexity index is 1560. The number of carboxylic acid groups (broad SMARTS) is 1. The summed E-state index contributed by atoms with van der Waals surface area (Å²) in [7, 11) is 4.34. The van der Waals surface area contributed by atoms with Gasteiger partial charge in [0.05, 0.1) is 33.4 Å². The van der Waals surface area contributed by atoms with Crippen molar-refractivity contribution in [1.29, 1.82) is 0 Å². The Labute approximate surface area is 235 Å². The predicted octanol–water partition coefficient (Wildman–Crippen LogP) is 3.55.